The molecule has 3 aromatic rings. The average Bonchev–Trinajstić information content (AvgIpc) is 2.76. The van der Waals surface area contributed by atoms with Gasteiger partial charge in [0.05, 0.1) is 6.21 Å². The van der Waals surface area contributed by atoms with Crippen molar-refractivity contribution >= 4 is 23.7 Å². The number of aryl methyl sites for hydroxylation is 2. The van der Waals surface area contributed by atoms with Crippen molar-refractivity contribution in [3.05, 3.63) is 94.8 Å². The highest BCUT2D eigenvalue weighted by Crippen LogP contribution is 2.16. The third-order valence-electron chi connectivity index (χ3n) is 4.43. The van der Waals surface area contributed by atoms with Crippen LogP contribution >= 0.6 is 0 Å². The summed E-state index contributed by atoms with van der Waals surface area (Å²) in [5, 5.41) is 6.39. The van der Waals surface area contributed by atoms with Crippen LogP contribution in [0.5, 0.6) is 5.75 Å². The van der Waals surface area contributed by atoms with Crippen molar-refractivity contribution in [2.45, 2.75) is 20.5 Å². The normalized spacial score (nSPS) is 10.7. The molecule has 158 valence electrons. The van der Waals surface area contributed by atoms with Crippen molar-refractivity contribution in [2.75, 3.05) is 5.32 Å². The molecule has 0 atom stereocenters. The molecule has 0 aliphatic carbocycles. The molecule has 3 rings (SSSR count). The molecule has 0 unspecified atom stereocenters. The van der Waals surface area contributed by atoms with Crippen molar-refractivity contribution in [3.63, 3.8) is 0 Å². The topological polar surface area (TPSA) is 79.8 Å². The number of hydrogen-bond acceptors (Lipinski definition) is 4. The van der Waals surface area contributed by atoms with Crippen LogP contribution in [0.15, 0.2) is 71.8 Å². The van der Waals surface area contributed by atoms with Crippen molar-refractivity contribution < 1.29 is 18.7 Å². The number of carbonyl (C=O) groups is 2. The number of halogens is 1. The molecule has 0 fully saturated rings. The largest absolute Gasteiger partial charge is 0.489 e. The van der Waals surface area contributed by atoms with Crippen molar-refractivity contribution in [2.24, 2.45) is 5.10 Å². The van der Waals surface area contributed by atoms with Gasteiger partial charge in [-0.05, 0) is 78.6 Å². The smallest absolute Gasteiger partial charge is 0.329 e. The van der Waals surface area contributed by atoms with Crippen LogP contribution in [-0.2, 0) is 16.2 Å². The third kappa shape index (κ3) is 6.50. The van der Waals surface area contributed by atoms with E-state index in [-0.39, 0.29) is 5.82 Å². The van der Waals surface area contributed by atoms with E-state index in [1.807, 2.05) is 26.0 Å². The monoisotopic (exact) mass is 419 g/mol. The standard InChI is InChI=1S/C24H22FN3O3/c1-16-3-4-17(2)22(13-16)27-23(29)24(30)28-26-14-18-7-11-21(12-8-18)31-15-19-5-9-20(25)10-6-19/h3-14H,15H2,1-2H3,(H,27,29)(H,28,30)/b26-14+. The minimum atomic E-state index is -0.864. The first kappa shape index (κ1) is 21.7. The zero-order chi connectivity index (χ0) is 22.2. The van der Waals surface area contributed by atoms with Crippen LogP contribution in [0.4, 0.5) is 10.1 Å². The van der Waals surface area contributed by atoms with Gasteiger partial charge in [-0.15, -0.1) is 0 Å². The fourth-order valence-corrected chi connectivity index (χ4v) is 2.66. The Hall–Kier alpha value is -4.00. The predicted octanol–water partition coefficient (Wildman–Crippen LogP) is 4.11. The average molecular weight is 419 g/mol. The number of nitrogens with one attached hydrogen (secondary N) is 2. The van der Waals surface area contributed by atoms with Gasteiger partial charge in [0.25, 0.3) is 0 Å². The predicted molar refractivity (Wildman–Crippen MR) is 117 cm³/mol. The van der Waals surface area contributed by atoms with E-state index in [0.717, 1.165) is 16.7 Å². The lowest BCUT2D eigenvalue weighted by atomic mass is 10.1. The summed E-state index contributed by atoms with van der Waals surface area (Å²) in [4.78, 5) is 24.0. The lowest BCUT2D eigenvalue weighted by Crippen LogP contribution is -2.32. The number of rotatable bonds is 6. The van der Waals surface area contributed by atoms with Crippen molar-refractivity contribution in [1.29, 1.82) is 0 Å². The summed E-state index contributed by atoms with van der Waals surface area (Å²) in [6.07, 6.45) is 1.42. The molecule has 0 aromatic heterocycles. The fraction of sp³-hybridized carbons (Fsp3) is 0.125. The molecule has 0 saturated carbocycles. The molecule has 2 amide bonds. The Bertz CT molecular complexity index is 1090. The number of amides is 2. The molecule has 7 heteroatoms. The highest BCUT2D eigenvalue weighted by atomic mass is 19.1. The number of hydrazone groups is 1. The summed E-state index contributed by atoms with van der Waals surface area (Å²) < 4.78 is 18.6. The second-order valence-corrected chi connectivity index (χ2v) is 6.96. The van der Waals surface area contributed by atoms with E-state index < -0.39 is 11.8 Å². The van der Waals surface area contributed by atoms with Gasteiger partial charge in [0.15, 0.2) is 0 Å². The number of ether oxygens (including phenoxy) is 1. The quantitative estimate of drug-likeness (QED) is 0.359. The maximum atomic E-state index is 12.9. The fourth-order valence-electron chi connectivity index (χ4n) is 2.66. The van der Waals surface area contributed by atoms with Gasteiger partial charge in [-0.1, -0.05) is 24.3 Å². The molecular formula is C24H22FN3O3. The number of carbonyl (C=O) groups excluding carboxylic acids is 2. The zero-order valence-electron chi connectivity index (χ0n) is 17.2. The highest BCUT2D eigenvalue weighted by molar-refractivity contribution is 6.39. The highest BCUT2D eigenvalue weighted by Gasteiger charge is 2.14. The zero-order valence-corrected chi connectivity index (χ0v) is 17.2. The number of nitrogens with zero attached hydrogens (tertiary/aromatic N) is 1. The molecule has 0 saturated heterocycles. The second kappa shape index (κ2) is 10.2. The Balaban J connectivity index is 1.48. The first-order valence-corrected chi connectivity index (χ1v) is 9.59. The first-order chi connectivity index (χ1) is 14.9. The van der Waals surface area contributed by atoms with Crippen LogP contribution in [-0.4, -0.2) is 18.0 Å². The summed E-state index contributed by atoms with van der Waals surface area (Å²) >= 11 is 0. The van der Waals surface area contributed by atoms with E-state index in [0.29, 0.717) is 23.6 Å². The van der Waals surface area contributed by atoms with Gasteiger partial charge in [-0.2, -0.15) is 5.10 Å². The third-order valence-corrected chi connectivity index (χ3v) is 4.43. The van der Waals surface area contributed by atoms with Gasteiger partial charge in [0.2, 0.25) is 0 Å². The van der Waals surface area contributed by atoms with Gasteiger partial charge >= 0.3 is 11.8 Å². The Labute approximate surface area is 179 Å². The Morgan fingerprint density at radius 3 is 2.39 bits per heavy atom. The second-order valence-electron chi connectivity index (χ2n) is 6.96. The molecular weight excluding hydrogens is 397 g/mol. The summed E-state index contributed by atoms with van der Waals surface area (Å²) in [6.45, 7) is 4.07. The molecule has 31 heavy (non-hydrogen) atoms. The van der Waals surface area contributed by atoms with E-state index >= 15 is 0 Å². The van der Waals surface area contributed by atoms with Crippen LogP contribution in [0, 0.1) is 19.7 Å². The van der Waals surface area contributed by atoms with Crippen LogP contribution in [0.2, 0.25) is 0 Å². The Morgan fingerprint density at radius 2 is 1.68 bits per heavy atom. The molecule has 0 heterocycles. The SMILES string of the molecule is Cc1ccc(C)c(NC(=O)C(=O)N/N=C/c2ccc(OCc3ccc(F)cc3)cc2)c1. The molecule has 0 bridgehead atoms. The first-order valence-electron chi connectivity index (χ1n) is 9.59. The lowest BCUT2D eigenvalue weighted by molar-refractivity contribution is -0.136. The van der Waals surface area contributed by atoms with Gasteiger partial charge in [-0.25, -0.2) is 9.82 Å². The van der Waals surface area contributed by atoms with Crippen molar-refractivity contribution in [3.8, 4) is 5.75 Å². The van der Waals surface area contributed by atoms with Crippen LogP contribution < -0.4 is 15.5 Å². The van der Waals surface area contributed by atoms with Crippen LogP contribution in [0.1, 0.15) is 22.3 Å². The summed E-state index contributed by atoms with van der Waals surface area (Å²) in [5.41, 5.74) is 6.19. The molecule has 0 spiro atoms. The minimum absolute atomic E-state index is 0.290. The maximum absolute atomic E-state index is 12.9. The molecule has 3 aromatic carbocycles. The number of benzene rings is 3. The van der Waals surface area contributed by atoms with Gasteiger partial charge < -0.3 is 10.1 Å². The molecule has 0 aliphatic heterocycles. The Kier molecular flexibility index (Phi) is 7.11. The summed E-state index contributed by atoms with van der Waals surface area (Å²) in [6, 6.07) is 18.7. The summed E-state index contributed by atoms with van der Waals surface area (Å²) in [7, 11) is 0. The molecule has 2 N–H and O–H groups in total. The Morgan fingerprint density at radius 1 is 0.968 bits per heavy atom. The molecule has 0 radical (unpaired) electrons. The van der Waals surface area contributed by atoms with Crippen LogP contribution in [0.25, 0.3) is 0 Å². The number of anilines is 1. The van der Waals surface area contributed by atoms with Crippen molar-refractivity contribution in [1.82, 2.24) is 5.43 Å². The van der Waals surface area contributed by atoms with Gasteiger partial charge in [-0.3, -0.25) is 9.59 Å². The minimum Gasteiger partial charge on any atom is -0.489 e. The van der Waals surface area contributed by atoms with E-state index in [1.54, 1.807) is 42.5 Å². The van der Waals surface area contributed by atoms with E-state index in [1.165, 1.54) is 18.3 Å². The van der Waals surface area contributed by atoms with E-state index in [2.05, 4.69) is 15.8 Å². The molecule has 0 aliphatic rings. The van der Waals surface area contributed by atoms with Gasteiger partial charge in [0, 0.05) is 5.69 Å². The number of hydrogen-bond donors (Lipinski definition) is 2. The maximum Gasteiger partial charge on any atom is 0.329 e. The van der Waals surface area contributed by atoms with Crippen LogP contribution in [0.3, 0.4) is 0 Å². The van der Waals surface area contributed by atoms with Gasteiger partial charge in [0.1, 0.15) is 18.2 Å². The summed E-state index contributed by atoms with van der Waals surface area (Å²) in [5.74, 6) is -1.31. The van der Waals surface area contributed by atoms with E-state index in [4.69, 9.17) is 4.74 Å². The lowest BCUT2D eigenvalue weighted by Gasteiger charge is -2.08. The van der Waals surface area contributed by atoms with E-state index in [9.17, 15) is 14.0 Å². The molecule has 6 nitrogen and oxygen atoms in total.